The molecule has 1 N–H and O–H groups in total. The number of aromatic nitrogens is 1. The third kappa shape index (κ3) is 4.46. The molecular weight excluding hydrogens is 362 g/mol. The van der Waals surface area contributed by atoms with Crippen molar-refractivity contribution in [3.8, 4) is 17.3 Å². The zero-order valence-electron chi connectivity index (χ0n) is 15.1. The van der Waals surface area contributed by atoms with Gasteiger partial charge in [-0.1, -0.05) is 60.9 Å². The van der Waals surface area contributed by atoms with Gasteiger partial charge in [-0.2, -0.15) is 5.26 Å². The maximum Gasteiger partial charge on any atom is 0.234 e. The van der Waals surface area contributed by atoms with Crippen molar-refractivity contribution in [2.75, 3.05) is 0 Å². The maximum atomic E-state index is 12.6. The number of amides is 1. The summed E-state index contributed by atoms with van der Waals surface area (Å²) in [5, 5.41) is 14.3. The molecule has 0 unspecified atom stereocenters. The third-order valence-electron chi connectivity index (χ3n) is 4.76. The van der Waals surface area contributed by atoms with Gasteiger partial charge in [-0.25, -0.2) is 4.98 Å². The molecule has 0 bridgehead atoms. The Morgan fingerprint density at radius 1 is 1.31 bits per heavy atom. The molecule has 136 valence electrons. The van der Waals surface area contributed by atoms with Crippen molar-refractivity contribution in [1.82, 2.24) is 10.3 Å². The van der Waals surface area contributed by atoms with E-state index < -0.39 is 5.54 Å². The summed E-state index contributed by atoms with van der Waals surface area (Å²) < 4.78 is 0.873. The zero-order chi connectivity index (χ0) is 18.6. The lowest BCUT2D eigenvalue weighted by molar-refractivity contribution is -0.121. The number of thioether (sulfide) groups is 1. The van der Waals surface area contributed by atoms with Crippen molar-refractivity contribution in [3.05, 3.63) is 35.2 Å². The molecule has 1 aromatic heterocycles. The molecule has 3 rings (SSSR count). The molecule has 0 radical (unpaired) electrons. The average Bonchev–Trinajstić information content (AvgIpc) is 3.11. The Labute approximate surface area is 163 Å². The largest absolute Gasteiger partial charge is 0.337 e. The molecule has 2 aromatic rings. The molecule has 1 saturated carbocycles. The van der Waals surface area contributed by atoms with Gasteiger partial charge in [0, 0.05) is 10.9 Å². The van der Waals surface area contributed by atoms with Crippen molar-refractivity contribution in [1.29, 1.82) is 5.26 Å². The number of nitrogens with zero attached hydrogens (tertiary/aromatic N) is 2. The number of carbonyl (C=O) groups is 1. The monoisotopic (exact) mass is 385 g/mol. The van der Waals surface area contributed by atoms with E-state index in [2.05, 4.69) is 47.6 Å². The summed E-state index contributed by atoms with van der Waals surface area (Å²) in [5.41, 5.74) is 2.56. The summed E-state index contributed by atoms with van der Waals surface area (Å²) >= 11 is 3.01. The molecule has 1 aliphatic carbocycles. The number of rotatable bonds is 5. The van der Waals surface area contributed by atoms with Gasteiger partial charge in [-0.3, -0.25) is 4.79 Å². The summed E-state index contributed by atoms with van der Waals surface area (Å²) in [5.74, 6) is -0.0782. The van der Waals surface area contributed by atoms with E-state index >= 15 is 0 Å². The van der Waals surface area contributed by atoms with Crippen molar-refractivity contribution in [2.24, 2.45) is 0 Å². The lowest BCUT2D eigenvalue weighted by atomic mass is 9.83. The maximum absolute atomic E-state index is 12.6. The van der Waals surface area contributed by atoms with E-state index in [1.807, 2.05) is 12.3 Å². The van der Waals surface area contributed by atoms with Crippen LogP contribution < -0.4 is 5.32 Å². The second-order valence-electron chi connectivity index (χ2n) is 6.87. The molecule has 1 fully saturated rings. The number of carbonyl (C=O) groups excluding carboxylic acids is 1. The van der Waals surface area contributed by atoms with E-state index in [4.69, 9.17) is 0 Å². The van der Waals surface area contributed by atoms with Crippen molar-refractivity contribution >= 4 is 29.0 Å². The highest BCUT2D eigenvalue weighted by Gasteiger charge is 2.35. The van der Waals surface area contributed by atoms with E-state index in [-0.39, 0.29) is 11.2 Å². The SMILES string of the molecule is Cc1ccc(-c2csc(S[C@@H](C)C(=O)NC3(C#N)CCCCC3)n2)cc1. The van der Waals surface area contributed by atoms with E-state index in [9.17, 15) is 10.1 Å². The van der Waals surface area contributed by atoms with Crippen molar-refractivity contribution in [3.63, 3.8) is 0 Å². The normalized spacial score (nSPS) is 17.3. The molecule has 0 aliphatic heterocycles. The number of thiazole rings is 1. The molecule has 0 saturated heterocycles. The highest BCUT2D eigenvalue weighted by molar-refractivity contribution is 8.02. The van der Waals surface area contributed by atoms with Crippen LogP contribution in [-0.2, 0) is 4.79 Å². The van der Waals surface area contributed by atoms with Crippen LogP contribution in [0.15, 0.2) is 34.0 Å². The standard InChI is InChI=1S/C20H23N3OS2/c1-14-6-8-16(9-7-14)17-12-25-19(22-17)26-15(2)18(24)23-20(13-21)10-4-3-5-11-20/h6-9,12,15H,3-5,10-11H2,1-2H3,(H,23,24)/t15-/m0/s1. The molecule has 1 atom stereocenters. The first-order valence-electron chi connectivity index (χ1n) is 8.94. The molecule has 1 aliphatic rings. The van der Waals surface area contributed by atoms with E-state index in [0.717, 1.165) is 47.7 Å². The smallest absolute Gasteiger partial charge is 0.234 e. The van der Waals surface area contributed by atoms with Gasteiger partial charge in [0.25, 0.3) is 0 Å². The Morgan fingerprint density at radius 2 is 2.00 bits per heavy atom. The number of benzene rings is 1. The Morgan fingerprint density at radius 3 is 2.65 bits per heavy atom. The minimum Gasteiger partial charge on any atom is -0.337 e. The van der Waals surface area contributed by atoms with Crippen LogP contribution in [0.1, 0.15) is 44.6 Å². The first-order chi connectivity index (χ1) is 12.5. The number of nitriles is 1. The molecule has 4 nitrogen and oxygen atoms in total. The summed E-state index contributed by atoms with van der Waals surface area (Å²) in [6, 6.07) is 10.6. The van der Waals surface area contributed by atoms with E-state index in [1.165, 1.54) is 17.3 Å². The predicted octanol–water partition coefficient (Wildman–Crippen LogP) is 4.94. The number of nitrogens with one attached hydrogen (secondary N) is 1. The molecule has 1 heterocycles. The van der Waals surface area contributed by atoms with Gasteiger partial charge in [0.2, 0.25) is 5.91 Å². The number of hydrogen-bond acceptors (Lipinski definition) is 5. The van der Waals surface area contributed by atoms with Crippen LogP contribution in [-0.4, -0.2) is 21.7 Å². The third-order valence-corrected chi connectivity index (χ3v) is 6.83. The van der Waals surface area contributed by atoms with Gasteiger partial charge in [-0.05, 0) is 26.7 Å². The predicted molar refractivity (Wildman–Crippen MR) is 107 cm³/mol. The van der Waals surface area contributed by atoms with Crippen molar-refractivity contribution < 1.29 is 4.79 Å². The van der Waals surface area contributed by atoms with Gasteiger partial charge in [0.05, 0.1) is 17.0 Å². The van der Waals surface area contributed by atoms with Crippen LogP contribution in [0.4, 0.5) is 0 Å². The number of hydrogen-bond donors (Lipinski definition) is 1. The molecular formula is C20H23N3OS2. The topological polar surface area (TPSA) is 65.8 Å². The van der Waals surface area contributed by atoms with Crippen LogP contribution in [0.25, 0.3) is 11.3 Å². The minimum absolute atomic E-state index is 0.0782. The van der Waals surface area contributed by atoms with Crippen LogP contribution in [0.5, 0.6) is 0 Å². The Balaban J connectivity index is 1.62. The Bertz CT molecular complexity index is 801. The average molecular weight is 386 g/mol. The van der Waals surface area contributed by atoms with Gasteiger partial charge < -0.3 is 5.32 Å². The summed E-state index contributed by atoms with van der Waals surface area (Å²) in [7, 11) is 0. The fraction of sp³-hybridized carbons (Fsp3) is 0.450. The first-order valence-corrected chi connectivity index (χ1v) is 10.7. The van der Waals surface area contributed by atoms with Gasteiger partial charge in [-0.15, -0.1) is 11.3 Å². The van der Waals surface area contributed by atoms with Gasteiger partial charge in [0.15, 0.2) is 4.34 Å². The van der Waals surface area contributed by atoms with Gasteiger partial charge >= 0.3 is 0 Å². The van der Waals surface area contributed by atoms with Crippen LogP contribution >= 0.6 is 23.1 Å². The molecule has 26 heavy (non-hydrogen) atoms. The lowest BCUT2D eigenvalue weighted by Gasteiger charge is -2.32. The first kappa shape index (κ1) is 18.9. The second kappa shape index (κ2) is 8.24. The van der Waals surface area contributed by atoms with E-state index in [1.54, 1.807) is 11.3 Å². The molecule has 1 amide bonds. The Kier molecular flexibility index (Phi) is 6.00. The second-order valence-corrected chi connectivity index (χ2v) is 9.31. The minimum atomic E-state index is -0.680. The molecule has 6 heteroatoms. The van der Waals surface area contributed by atoms with Gasteiger partial charge in [0.1, 0.15) is 5.54 Å². The lowest BCUT2D eigenvalue weighted by Crippen LogP contribution is -2.50. The summed E-state index contributed by atoms with van der Waals surface area (Å²) in [4.78, 5) is 17.2. The fourth-order valence-corrected chi connectivity index (χ4v) is 5.10. The highest BCUT2D eigenvalue weighted by Crippen LogP contribution is 2.32. The van der Waals surface area contributed by atoms with Crippen LogP contribution in [0, 0.1) is 18.3 Å². The number of aryl methyl sites for hydroxylation is 1. The highest BCUT2D eigenvalue weighted by atomic mass is 32.2. The van der Waals surface area contributed by atoms with E-state index in [0.29, 0.717) is 0 Å². The van der Waals surface area contributed by atoms with Crippen LogP contribution in [0.2, 0.25) is 0 Å². The van der Waals surface area contributed by atoms with Crippen LogP contribution in [0.3, 0.4) is 0 Å². The summed E-state index contributed by atoms with van der Waals surface area (Å²) in [6.07, 6.45) is 4.65. The Hall–Kier alpha value is -1.84. The van der Waals surface area contributed by atoms with Crippen molar-refractivity contribution in [2.45, 2.75) is 61.1 Å². The quantitative estimate of drug-likeness (QED) is 0.740. The molecule has 0 spiro atoms. The zero-order valence-corrected chi connectivity index (χ0v) is 16.8. The fourth-order valence-electron chi connectivity index (χ4n) is 3.13. The molecule has 1 aromatic carbocycles. The summed E-state index contributed by atoms with van der Waals surface area (Å²) in [6.45, 7) is 3.94.